The Morgan fingerprint density at radius 1 is 1.82 bits per heavy atom. The summed E-state index contributed by atoms with van der Waals surface area (Å²) in [6.07, 6.45) is -0.230. The fourth-order valence-corrected chi connectivity index (χ4v) is 1.34. The molecule has 5 nitrogen and oxygen atoms in total. The normalized spacial score (nSPS) is 22.7. The molecule has 0 aromatic rings. The van der Waals surface area contributed by atoms with Crippen molar-refractivity contribution >= 4 is 21.9 Å². The second kappa shape index (κ2) is 2.83. The fourth-order valence-electron chi connectivity index (χ4n) is 0.633. The zero-order chi connectivity index (χ0) is 8.43. The summed E-state index contributed by atoms with van der Waals surface area (Å²) in [6.45, 7) is 0. The van der Waals surface area contributed by atoms with Gasteiger partial charge in [0.25, 0.3) is 0 Å². The third-order valence-electron chi connectivity index (χ3n) is 1.04. The molecule has 1 atom stereocenters. The number of carbonyl (C=O) groups is 1. The number of carboxylic acid groups (broad SMARTS) is 1. The summed E-state index contributed by atoms with van der Waals surface area (Å²) in [4.78, 5) is 13.7. The first kappa shape index (κ1) is 7.93. The van der Waals surface area contributed by atoms with Crippen molar-refractivity contribution in [3.05, 3.63) is 11.1 Å². The Hall–Kier alpha value is -1.17. The van der Waals surface area contributed by atoms with Crippen LogP contribution in [0.1, 0.15) is 6.42 Å². The molecule has 1 rings (SSSR count). The highest BCUT2D eigenvalue weighted by Crippen LogP contribution is 2.11. The average Bonchev–Trinajstić information content (AvgIpc) is 2.10. The summed E-state index contributed by atoms with van der Waals surface area (Å²) >= 11 is 0. The first-order chi connectivity index (χ1) is 5.09. The number of nitrogens with zero attached hydrogens (tertiary/aromatic N) is 1. The molecule has 3 N–H and O–H groups in total. The summed E-state index contributed by atoms with van der Waals surface area (Å²) in [7, 11) is -1.41. The van der Waals surface area contributed by atoms with Crippen molar-refractivity contribution in [2.24, 2.45) is 10.7 Å². The van der Waals surface area contributed by atoms with Gasteiger partial charge in [0, 0.05) is 5.41 Å². The first-order valence-electron chi connectivity index (χ1n) is 2.77. The van der Waals surface area contributed by atoms with Gasteiger partial charge in [0.05, 0.1) is 12.1 Å². The van der Waals surface area contributed by atoms with Crippen LogP contribution in [0.3, 0.4) is 0 Å². The Morgan fingerprint density at radius 3 is 2.82 bits per heavy atom. The summed E-state index contributed by atoms with van der Waals surface area (Å²) in [5, 5.41) is 9.51. The Kier molecular flexibility index (Phi) is 2.04. The number of aliphatic carboxylic acids is 1. The molecule has 1 unspecified atom stereocenters. The number of hydrogen-bond donors (Lipinski definition) is 2. The van der Waals surface area contributed by atoms with Crippen molar-refractivity contribution in [3.8, 4) is 0 Å². The van der Waals surface area contributed by atoms with Crippen molar-refractivity contribution < 1.29 is 14.1 Å². The fraction of sp³-hybridized carbons (Fsp3) is 0.200. The third kappa shape index (κ3) is 1.87. The Balaban J connectivity index is 2.71. The molecular weight excluding hydrogens is 168 g/mol. The summed E-state index contributed by atoms with van der Waals surface area (Å²) < 4.78 is 10.8. The van der Waals surface area contributed by atoms with Gasteiger partial charge in [-0.3, -0.25) is 4.79 Å². The highest BCUT2D eigenvalue weighted by Gasteiger charge is 2.14. The van der Waals surface area contributed by atoms with E-state index in [-0.39, 0.29) is 17.3 Å². The topological polar surface area (TPSA) is 92.8 Å². The van der Waals surface area contributed by atoms with E-state index in [4.69, 9.17) is 10.8 Å². The number of hydrogen-bond acceptors (Lipinski definition) is 4. The van der Waals surface area contributed by atoms with Gasteiger partial charge in [0.1, 0.15) is 10.8 Å². The molecule has 0 fully saturated rings. The Bertz CT molecular complexity index is 281. The second-order valence-corrected chi connectivity index (χ2v) is 3.18. The molecule has 1 aliphatic heterocycles. The van der Waals surface area contributed by atoms with Crippen LogP contribution >= 0.6 is 0 Å². The molecule has 0 saturated heterocycles. The van der Waals surface area contributed by atoms with Crippen LogP contribution < -0.4 is 5.73 Å². The molecule has 0 aliphatic carbocycles. The number of amidine groups is 1. The summed E-state index contributed by atoms with van der Waals surface area (Å²) in [5.41, 5.74) is 5.41. The minimum absolute atomic E-state index is 0.0266. The van der Waals surface area contributed by atoms with E-state index >= 15 is 0 Å². The smallest absolute Gasteiger partial charge is 0.309 e. The van der Waals surface area contributed by atoms with E-state index in [1.165, 1.54) is 5.41 Å². The van der Waals surface area contributed by atoms with Crippen molar-refractivity contribution in [1.82, 2.24) is 0 Å². The molecule has 11 heavy (non-hydrogen) atoms. The molecule has 0 saturated carbocycles. The molecule has 0 radical (unpaired) electrons. The van der Waals surface area contributed by atoms with Crippen LogP contribution in [0.15, 0.2) is 16.1 Å². The van der Waals surface area contributed by atoms with Crippen LogP contribution in [0.25, 0.3) is 0 Å². The van der Waals surface area contributed by atoms with Crippen LogP contribution in [-0.2, 0) is 15.6 Å². The SMILES string of the molecule is NC1=NC(CC(=O)O)=CS1=O. The predicted molar refractivity (Wildman–Crippen MR) is 40.1 cm³/mol. The van der Waals surface area contributed by atoms with Crippen molar-refractivity contribution in [2.75, 3.05) is 0 Å². The predicted octanol–water partition coefficient (Wildman–Crippen LogP) is -0.621. The van der Waals surface area contributed by atoms with Gasteiger partial charge in [-0.1, -0.05) is 0 Å². The number of rotatable bonds is 2. The van der Waals surface area contributed by atoms with Gasteiger partial charge in [0.15, 0.2) is 5.17 Å². The molecule has 0 amide bonds. The minimum Gasteiger partial charge on any atom is -0.481 e. The summed E-state index contributed by atoms with van der Waals surface area (Å²) in [6, 6.07) is 0. The monoisotopic (exact) mass is 174 g/mol. The highest BCUT2D eigenvalue weighted by atomic mass is 32.2. The molecular formula is C5H6N2O3S. The van der Waals surface area contributed by atoms with Gasteiger partial charge >= 0.3 is 5.97 Å². The molecule has 1 aliphatic rings. The van der Waals surface area contributed by atoms with E-state index in [0.29, 0.717) is 0 Å². The van der Waals surface area contributed by atoms with Gasteiger partial charge in [-0.25, -0.2) is 9.20 Å². The molecule has 60 valence electrons. The maximum Gasteiger partial charge on any atom is 0.309 e. The average molecular weight is 174 g/mol. The van der Waals surface area contributed by atoms with Gasteiger partial charge in [0.2, 0.25) is 0 Å². The van der Waals surface area contributed by atoms with E-state index < -0.39 is 16.8 Å². The van der Waals surface area contributed by atoms with E-state index in [9.17, 15) is 9.00 Å². The molecule has 6 heteroatoms. The van der Waals surface area contributed by atoms with Crippen molar-refractivity contribution in [2.45, 2.75) is 6.42 Å². The number of nitrogens with two attached hydrogens (primary N) is 1. The highest BCUT2D eigenvalue weighted by molar-refractivity contribution is 8.03. The van der Waals surface area contributed by atoms with E-state index in [0.717, 1.165) is 0 Å². The maximum atomic E-state index is 10.8. The van der Waals surface area contributed by atoms with Crippen LogP contribution in [0.4, 0.5) is 0 Å². The molecule has 0 aromatic heterocycles. The standard InChI is InChI=1S/C5H6N2O3S/c6-5-7-3(1-4(8)9)2-11(5)10/h2H,1H2,(H2,6,7)(H,8,9). The Morgan fingerprint density at radius 2 is 2.45 bits per heavy atom. The lowest BCUT2D eigenvalue weighted by Crippen LogP contribution is -2.12. The van der Waals surface area contributed by atoms with Gasteiger partial charge in [-0.15, -0.1) is 0 Å². The number of aliphatic imine (C=N–C) groups is 1. The van der Waals surface area contributed by atoms with Gasteiger partial charge < -0.3 is 10.8 Å². The number of carboxylic acids is 1. The van der Waals surface area contributed by atoms with Crippen molar-refractivity contribution in [3.63, 3.8) is 0 Å². The summed E-state index contributed by atoms with van der Waals surface area (Å²) in [5.74, 6) is -1.01. The van der Waals surface area contributed by atoms with Crippen molar-refractivity contribution in [1.29, 1.82) is 0 Å². The molecule has 0 spiro atoms. The van der Waals surface area contributed by atoms with Crippen LogP contribution in [-0.4, -0.2) is 20.5 Å². The zero-order valence-electron chi connectivity index (χ0n) is 5.48. The lowest BCUT2D eigenvalue weighted by Gasteiger charge is -1.88. The second-order valence-electron chi connectivity index (χ2n) is 1.93. The third-order valence-corrected chi connectivity index (χ3v) is 2.03. The lowest BCUT2D eigenvalue weighted by atomic mass is 10.3. The molecule has 0 bridgehead atoms. The van der Waals surface area contributed by atoms with Crippen LogP contribution in [0.2, 0.25) is 0 Å². The minimum atomic E-state index is -1.41. The van der Waals surface area contributed by atoms with Crippen LogP contribution in [0, 0.1) is 0 Å². The van der Waals surface area contributed by atoms with E-state index in [1.807, 2.05) is 0 Å². The van der Waals surface area contributed by atoms with E-state index in [2.05, 4.69) is 4.99 Å². The van der Waals surface area contributed by atoms with Gasteiger partial charge in [-0.05, 0) is 0 Å². The quantitative estimate of drug-likeness (QED) is 0.583. The van der Waals surface area contributed by atoms with Crippen LogP contribution in [0.5, 0.6) is 0 Å². The first-order valence-corrected chi connectivity index (χ1v) is 3.98. The molecule has 1 heterocycles. The zero-order valence-corrected chi connectivity index (χ0v) is 6.30. The van der Waals surface area contributed by atoms with E-state index in [1.54, 1.807) is 0 Å². The lowest BCUT2D eigenvalue weighted by molar-refractivity contribution is -0.136. The van der Waals surface area contributed by atoms with Gasteiger partial charge in [-0.2, -0.15) is 0 Å². The Labute approximate surface area is 65.1 Å². The molecule has 0 aromatic carbocycles. The maximum absolute atomic E-state index is 10.8. The largest absolute Gasteiger partial charge is 0.481 e.